The summed E-state index contributed by atoms with van der Waals surface area (Å²) in [6, 6.07) is 0. The monoisotopic (exact) mass is 188 g/mol. The number of carboxylic acids is 1. The highest BCUT2D eigenvalue weighted by Gasteiger charge is 2.40. The Kier molecular flexibility index (Phi) is 2.93. The summed E-state index contributed by atoms with van der Waals surface area (Å²) in [5.41, 5.74) is -0.884. The van der Waals surface area contributed by atoms with Gasteiger partial charge in [0, 0.05) is 5.92 Å². The van der Waals surface area contributed by atoms with Crippen molar-refractivity contribution in [1.29, 1.82) is 0 Å². The van der Waals surface area contributed by atoms with E-state index in [1.54, 1.807) is 6.92 Å². The Balaban J connectivity index is 2.51. The van der Waals surface area contributed by atoms with Crippen LogP contribution in [0.3, 0.4) is 0 Å². The zero-order chi connectivity index (χ0) is 10.1. The zero-order valence-electron chi connectivity index (χ0n) is 8.24. The minimum absolute atomic E-state index is 0.227. The van der Waals surface area contributed by atoms with E-state index in [0.29, 0.717) is 0 Å². The minimum Gasteiger partial charge on any atom is -0.481 e. The van der Waals surface area contributed by atoms with E-state index in [2.05, 4.69) is 0 Å². The highest BCUT2D eigenvalue weighted by molar-refractivity contribution is 5.74. The Morgan fingerprint density at radius 2 is 1.92 bits per heavy atom. The molecule has 0 aromatic heterocycles. The molecule has 0 radical (unpaired) electrons. The van der Waals surface area contributed by atoms with Crippen LogP contribution in [0.2, 0.25) is 0 Å². The fraction of sp³-hybridized carbons (Fsp3) is 0.889. The molecule has 1 N–H and O–H groups in total. The van der Waals surface area contributed by atoms with Gasteiger partial charge in [-0.3, -0.25) is 4.79 Å². The van der Waals surface area contributed by atoms with Gasteiger partial charge >= 0.3 is 5.97 Å². The molecule has 0 saturated carbocycles. The average molecular weight is 188 g/mol. The fourth-order valence-corrected chi connectivity index (χ4v) is 1.13. The standard InChI is InChI=1S/C9H16O4/c1-6(2)7-12-4-9(3,5-13-7)8(10)11/h6-7H,4-5H2,1-3H3,(H,10,11). The first kappa shape index (κ1) is 10.5. The molecule has 1 fully saturated rings. The van der Waals surface area contributed by atoms with Crippen LogP contribution in [-0.2, 0) is 14.3 Å². The van der Waals surface area contributed by atoms with Gasteiger partial charge in [-0.25, -0.2) is 0 Å². The van der Waals surface area contributed by atoms with Crippen LogP contribution in [0.1, 0.15) is 20.8 Å². The van der Waals surface area contributed by atoms with Crippen LogP contribution < -0.4 is 0 Å². The lowest BCUT2D eigenvalue weighted by Crippen LogP contribution is -2.46. The maximum atomic E-state index is 10.8. The van der Waals surface area contributed by atoms with Gasteiger partial charge in [-0.2, -0.15) is 0 Å². The number of ether oxygens (including phenoxy) is 2. The zero-order valence-corrected chi connectivity index (χ0v) is 8.24. The molecule has 1 aliphatic heterocycles. The maximum Gasteiger partial charge on any atom is 0.314 e. The molecule has 76 valence electrons. The van der Waals surface area contributed by atoms with E-state index in [4.69, 9.17) is 14.6 Å². The topological polar surface area (TPSA) is 55.8 Å². The number of aliphatic carboxylic acids is 1. The number of carbonyl (C=O) groups is 1. The van der Waals surface area contributed by atoms with Crippen molar-refractivity contribution in [3.63, 3.8) is 0 Å². The van der Waals surface area contributed by atoms with Gasteiger partial charge in [-0.1, -0.05) is 13.8 Å². The molecular weight excluding hydrogens is 172 g/mol. The molecule has 0 aromatic carbocycles. The van der Waals surface area contributed by atoms with Gasteiger partial charge in [0.25, 0.3) is 0 Å². The molecule has 0 amide bonds. The van der Waals surface area contributed by atoms with Gasteiger partial charge in [0.15, 0.2) is 6.29 Å². The van der Waals surface area contributed by atoms with Gasteiger partial charge in [-0.05, 0) is 6.92 Å². The molecule has 0 unspecified atom stereocenters. The van der Waals surface area contributed by atoms with E-state index in [1.807, 2.05) is 13.8 Å². The third-order valence-corrected chi connectivity index (χ3v) is 2.19. The number of hydrogen-bond donors (Lipinski definition) is 1. The van der Waals surface area contributed by atoms with Crippen molar-refractivity contribution >= 4 is 5.97 Å². The second-order valence-electron chi connectivity index (χ2n) is 4.10. The first-order chi connectivity index (χ1) is 5.96. The lowest BCUT2D eigenvalue weighted by atomic mass is 9.92. The van der Waals surface area contributed by atoms with Crippen molar-refractivity contribution in [2.24, 2.45) is 11.3 Å². The highest BCUT2D eigenvalue weighted by atomic mass is 16.7. The lowest BCUT2D eigenvalue weighted by molar-refractivity contribution is -0.244. The van der Waals surface area contributed by atoms with Crippen LogP contribution in [0.15, 0.2) is 0 Å². The molecule has 0 spiro atoms. The molecule has 1 saturated heterocycles. The van der Waals surface area contributed by atoms with Crippen molar-refractivity contribution in [1.82, 2.24) is 0 Å². The van der Waals surface area contributed by atoms with Gasteiger partial charge in [0.1, 0.15) is 5.41 Å². The van der Waals surface area contributed by atoms with Crippen molar-refractivity contribution in [2.75, 3.05) is 13.2 Å². The highest BCUT2D eigenvalue weighted by Crippen LogP contribution is 2.26. The molecule has 0 aliphatic carbocycles. The molecule has 1 aliphatic rings. The van der Waals surface area contributed by atoms with Crippen molar-refractivity contribution in [2.45, 2.75) is 27.1 Å². The lowest BCUT2D eigenvalue weighted by Gasteiger charge is -2.35. The second-order valence-corrected chi connectivity index (χ2v) is 4.10. The molecule has 13 heavy (non-hydrogen) atoms. The molecule has 4 heteroatoms. The fourth-order valence-electron chi connectivity index (χ4n) is 1.13. The predicted molar refractivity (Wildman–Crippen MR) is 46.3 cm³/mol. The Bertz CT molecular complexity index is 192. The summed E-state index contributed by atoms with van der Waals surface area (Å²) in [7, 11) is 0. The number of rotatable bonds is 2. The van der Waals surface area contributed by atoms with Crippen LogP contribution in [0.5, 0.6) is 0 Å². The number of hydrogen-bond acceptors (Lipinski definition) is 3. The van der Waals surface area contributed by atoms with E-state index in [0.717, 1.165) is 0 Å². The maximum absolute atomic E-state index is 10.8. The van der Waals surface area contributed by atoms with E-state index in [-0.39, 0.29) is 25.4 Å². The Morgan fingerprint density at radius 1 is 1.46 bits per heavy atom. The summed E-state index contributed by atoms with van der Waals surface area (Å²) in [5, 5.41) is 8.86. The van der Waals surface area contributed by atoms with Crippen LogP contribution in [0, 0.1) is 11.3 Å². The summed E-state index contributed by atoms with van der Waals surface area (Å²) >= 11 is 0. The first-order valence-electron chi connectivity index (χ1n) is 4.42. The average Bonchev–Trinajstić information content (AvgIpc) is 2.04. The summed E-state index contributed by atoms with van der Waals surface area (Å²) in [5.74, 6) is -0.604. The van der Waals surface area contributed by atoms with Crippen LogP contribution in [0.25, 0.3) is 0 Å². The Morgan fingerprint density at radius 3 is 2.23 bits per heavy atom. The second kappa shape index (κ2) is 3.64. The third kappa shape index (κ3) is 2.19. The van der Waals surface area contributed by atoms with Crippen molar-refractivity contribution < 1.29 is 19.4 Å². The molecule has 1 rings (SSSR count). The molecule has 0 aromatic rings. The van der Waals surface area contributed by atoms with Gasteiger partial charge in [0.05, 0.1) is 13.2 Å². The molecular formula is C9H16O4. The minimum atomic E-state index is -0.884. The number of carboxylic acid groups (broad SMARTS) is 1. The largest absolute Gasteiger partial charge is 0.481 e. The predicted octanol–water partition coefficient (Wildman–Crippen LogP) is 1.11. The van der Waals surface area contributed by atoms with E-state index < -0.39 is 11.4 Å². The third-order valence-electron chi connectivity index (χ3n) is 2.19. The van der Waals surface area contributed by atoms with Crippen molar-refractivity contribution in [3.8, 4) is 0 Å². The molecule has 4 nitrogen and oxygen atoms in total. The molecule has 1 heterocycles. The quantitative estimate of drug-likeness (QED) is 0.705. The normalized spacial score (nSPS) is 34.9. The Hall–Kier alpha value is -0.610. The van der Waals surface area contributed by atoms with Crippen LogP contribution in [0.4, 0.5) is 0 Å². The summed E-state index contributed by atoms with van der Waals surface area (Å²) in [4.78, 5) is 10.8. The van der Waals surface area contributed by atoms with Gasteiger partial charge in [0.2, 0.25) is 0 Å². The summed E-state index contributed by atoms with van der Waals surface area (Å²) in [6.07, 6.45) is -0.257. The summed E-state index contributed by atoms with van der Waals surface area (Å²) in [6.45, 7) is 6.05. The van der Waals surface area contributed by atoms with E-state index in [1.165, 1.54) is 0 Å². The van der Waals surface area contributed by atoms with Crippen LogP contribution in [-0.4, -0.2) is 30.6 Å². The van der Waals surface area contributed by atoms with Gasteiger partial charge in [-0.15, -0.1) is 0 Å². The van der Waals surface area contributed by atoms with Gasteiger partial charge < -0.3 is 14.6 Å². The van der Waals surface area contributed by atoms with E-state index in [9.17, 15) is 4.79 Å². The summed E-state index contributed by atoms with van der Waals surface area (Å²) < 4.78 is 10.6. The van der Waals surface area contributed by atoms with Crippen LogP contribution >= 0.6 is 0 Å². The molecule has 0 bridgehead atoms. The smallest absolute Gasteiger partial charge is 0.314 e. The Labute approximate surface area is 77.8 Å². The van der Waals surface area contributed by atoms with Crippen molar-refractivity contribution in [3.05, 3.63) is 0 Å². The first-order valence-corrected chi connectivity index (χ1v) is 4.42. The molecule has 0 atom stereocenters. The van der Waals surface area contributed by atoms with E-state index >= 15 is 0 Å². The SMILES string of the molecule is CC(C)C1OCC(C)(C(=O)O)CO1.